The summed E-state index contributed by atoms with van der Waals surface area (Å²) in [6.07, 6.45) is 6.29. The lowest BCUT2D eigenvalue weighted by molar-refractivity contribution is -0.0961. The molecule has 3 rings (SSSR count). The van der Waals surface area contributed by atoms with E-state index < -0.39 is 0 Å². The molecule has 0 aromatic carbocycles. The molecule has 0 heterocycles. The average Bonchev–Trinajstić information content (AvgIpc) is 2.81. The maximum atomic E-state index is 9.88. The molecule has 0 aromatic heterocycles. The molecule has 0 radical (unpaired) electrons. The maximum Gasteiger partial charge on any atom is 0.0939 e. The fraction of sp³-hybridized carbons (Fsp3) is 1.00. The molecule has 5 unspecified atom stereocenters. The van der Waals surface area contributed by atoms with Crippen molar-refractivity contribution in [1.82, 2.24) is 0 Å². The van der Waals surface area contributed by atoms with Gasteiger partial charge in [-0.25, -0.2) is 0 Å². The van der Waals surface area contributed by atoms with E-state index in [2.05, 4.69) is 20.8 Å². The van der Waals surface area contributed by atoms with Crippen molar-refractivity contribution in [2.24, 2.45) is 28.6 Å². The number of fused-ring (bicyclic) bond motifs is 3. The van der Waals surface area contributed by atoms with Crippen LogP contribution in [0.1, 0.15) is 52.9 Å². The second-order valence-corrected chi connectivity index (χ2v) is 8.16. The van der Waals surface area contributed by atoms with Gasteiger partial charge in [0.25, 0.3) is 0 Å². The highest BCUT2D eigenvalue weighted by atomic mass is 16.5. The van der Waals surface area contributed by atoms with Gasteiger partial charge >= 0.3 is 0 Å². The van der Waals surface area contributed by atoms with Crippen molar-refractivity contribution in [1.29, 1.82) is 0 Å². The van der Waals surface area contributed by atoms with Crippen LogP contribution >= 0.6 is 0 Å². The van der Waals surface area contributed by atoms with Crippen molar-refractivity contribution in [3.8, 4) is 0 Å². The van der Waals surface area contributed by atoms with Crippen molar-refractivity contribution in [3.63, 3.8) is 0 Å². The first kappa shape index (κ1) is 12.9. The van der Waals surface area contributed by atoms with Crippen LogP contribution in [0.15, 0.2) is 0 Å². The summed E-state index contributed by atoms with van der Waals surface area (Å²) in [5.41, 5.74) is 0.710. The molecule has 0 amide bonds. The Morgan fingerprint density at radius 1 is 1.11 bits per heavy atom. The Balaban J connectivity index is 1.96. The summed E-state index contributed by atoms with van der Waals surface area (Å²) in [6.45, 7) is 7.50. The molecule has 3 aliphatic carbocycles. The number of aliphatic hydroxyl groups excluding tert-OH is 1. The molecule has 1 N–H and O–H groups in total. The minimum atomic E-state index is -0.248. The number of aliphatic hydroxyl groups is 1. The lowest BCUT2D eigenvalue weighted by atomic mass is 9.72. The van der Waals surface area contributed by atoms with E-state index in [4.69, 9.17) is 4.74 Å². The van der Waals surface area contributed by atoms with Crippen LogP contribution in [0.2, 0.25) is 0 Å². The van der Waals surface area contributed by atoms with E-state index in [9.17, 15) is 5.11 Å². The van der Waals surface area contributed by atoms with Gasteiger partial charge in [0.15, 0.2) is 0 Å². The van der Waals surface area contributed by atoms with Gasteiger partial charge < -0.3 is 9.84 Å². The minimum absolute atomic E-state index is 0.196. The summed E-state index contributed by atoms with van der Waals surface area (Å²) in [4.78, 5) is 0. The minimum Gasteiger partial charge on any atom is -0.393 e. The molecule has 2 heteroatoms. The monoisotopic (exact) mass is 252 g/mol. The molecule has 3 fully saturated rings. The number of methoxy groups -OCH3 is 1. The third-order valence-corrected chi connectivity index (χ3v) is 6.59. The Morgan fingerprint density at radius 2 is 1.83 bits per heavy atom. The molecular weight excluding hydrogens is 224 g/mol. The zero-order valence-corrected chi connectivity index (χ0v) is 12.3. The van der Waals surface area contributed by atoms with Gasteiger partial charge in [0.2, 0.25) is 0 Å². The predicted octanol–water partition coefficient (Wildman–Crippen LogP) is 3.24. The van der Waals surface area contributed by atoms with E-state index in [1.165, 1.54) is 25.7 Å². The Kier molecular flexibility index (Phi) is 2.68. The Bertz CT molecular complexity index is 345. The second-order valence-electron chi connectivity index (χ2n) is 8.16. The van der Waals surface area contributed by atoms with Crippen LogP contribution in [0.4, 0.5) is 0 Å². The molecule has 3 saturated carbocycles. The molecule has 5 atom stereocenters. The molecule has 2 nitrogen and oxygen atoms in total. The number of hydrogen-bond acceptors (Lipinski definition) is 2. The molecule has 0 bridgehead atoms. The van der Waals surface area contributed by atoms with Gasteiger partial charge in [0, 0.05) is 7.11 Å². The van der Waals surface area contributed by atoms with Gasteiger partial charge in [-0.1, -0.05) is 20.8 Å². The van der Waals surface area contributed by atoms with E-state index >= 15 is 0 Å². The third-order valence-electron chi connectivity index (χ3n) is 6.59. The highest BCUT2D eigenvalue weighted by Crippen LogP contribution is 2.71. The van der Waals surface area contributed by atoms with Gasteiger partial charge in [-0.15, -0.1) is 0 Å². The topological polar surface area (TPSA) is 29.5 Å². The van der Waals surface area contributed by atoms with Crippen LogP contribution in [0, 0.1) is 28.6 Å². The fourth-order valence-electron chi connectivity index (χ4n) is 5.36. The van der Waals surface area contributed by atoms with Gasteiger partial charge in [0.1, 0.15) is 0 Å². The van der Waals surface area contributed by atoms with Crippen LogP contribution in [-0.2, 0) is 4.74 Å². The van der Waals surface area contributed by atoms with E-state index in [1.807, 2.05) is 0 Å². The lowest BCUT2D eigenvalue weighted by Crippen LogP contribution is -2.43. The van der Waals surface area contributed by atoms with Gasteiger partial charge in [-0.05, 0) is 60.7 Å². The molecule has 0 saturated heterocycles. The highest BCUT2D eigenvalue weighted by Gasteiger charge is 2.65. The van der Waals surface area contributed by atoms with Crippen molar-refractivity contribution in [3.05, 3.63) is 0 Å². The largest absolute Gasteiger partial charge is 0.393 e. The summed E-state index contributed by atoms with van der Waals surface area (Å²) in [6, 6.07) is 0. The summed E-state index contributed by atoms with van der Waals surface area (Å²) >= 11 is 0. The zero-order chi connectivity index (χ0) is 13.2. The molecule has 3 aliphatic rings. The first-order valence-electron chi connectivity index (χ1n) is 7.53. The van der Waals surface area contributed by atoms with Crippen LogP contribution in [0.5, 0.6) is 0 Å². The Hall–Kier alpha value is -0.0800. The molecule has 0 aliphatic heterocycles. The van der Waals surface area contributed by atoms with Crippen molar-refractivity contribution in [2.75, 3.05) is 13.7 Å². The predicted molar refractivity (Wildman–Crippen MR) is 72.3 cm³/mol. The number of rotatable bonds is 2. The normalized spacial score (nSPS) is 53.5. The van der Waals surface area contributed by atoms with E-state index in [0.29, 0.717) is 16.7 Å². The highest BCUT2D eigenvalue weighted by molar-refractivity contribution is 5.15. The third kappa shape index (κ3) is 1.61. The van der Waals surface area contributed by atoms with E-state index in [0.717, 1.165) is 18.3 Å². The van der Waals surface area contributed by atoms with E-state index in [1.54, 1.807) is 7.11 Å². The van der Waals surface area contributed by atoms with Gasteiger partial charge in [-0.2, -0.15) is 0 Å². The SMILES string of the molecule is COC1(CO)CCC2C1CC(C)(C)CC1CC12C. The Labute approximate surface area is 111 Å². The first-order valence-corrected chi connectivity index (χ1v) is 7.53. The summed E-state index contributed by atoms with van der Waals surface area (Å²) in [5.74, 6) is 2.25. The molecule has 0 spiro atoms. The maximum absolute atomic E-state index is 9.88. The zero-order valence-electron chi connectivity index (χ0n) is 12.3. The molecule has 0 aromatic rings. The van der Waals surface area contributed by atoms with Crippen molar-refractivity contribution < 1.29 is 9.84 Å². The summed E-state index contributed by atoms with van der Waals surface area (Å²) < 4.78 is 5.83. The smallest absolute Gasteiger partial charge is 0.0939 e. The summed E-state index contributed by atoms with van der Waals surface area (Å²) in [7, 11) is 1.79. The standard InChI is InChI=1S/C16H28O2/c1-14(2)7-11-8-15(11,3)12-5-6-16(10-17,18-4)13(12)9-14/h11-13,17H,5-10H2,1-4H3. The number of hydrogen-bond donors (Lipinski definition) is 1. The van der Waals surface area contributed by atoms with Crippen LogP contribution < -0.4 is 0 Å². The number of ether oxygens (including phenoxy) is 1. The first-order chi connectivity index (χ1) is 8.37. The van der Waals surface area contributed by atoms with Crippen LogP contribution in [-0.4, -0.2) is 24.4 Å². The molecule has 18 heavy (non-hydrogen) atoms. The fourth-order valence-corrected chi connectivity index (χ4v) is 5.36. The van der Waals surface area contributed by atoms with Crippen LogP contribution in [0.25, 0.3) is 0 Å². The van der Waals surface area contributed by atoms with Crippen LogP contribution in [0.3, 0.4) is 0 Å². The quantitative estimate of drug-likeness (QED) is 0.817. The second kappa shape index (κ2) is 3.73. The average molecular weight is 252 g/mol. The Morgan fingerprint density at radius 3 is 2.44 bits per heavy atom. The van der Waals surface area contributed by atoms with Gasteiger partial charge in [-0.3, -0.25) is 0 Å². The summed E-state index contributed by atoms with van der Waals surface area (Å²) in [5, 5.41) is 9.88. The molecule has 104 valence electrons. The van der Waals surface area contributed by atoms with Gasteiger partial charge in [0.05, 0.1) is 12.2 Å². The van der Waals surface area contributed by atoms with Crippen molar-refractivity contribution in [2.45, 2.75) is 58.5 Å². The van der Waals surface area contributed by atoms with E-state index in [-0.39, 0.29) is 12.2 Å². The lowest BCUT2D eigenvalue weighted by Gasteiger charge is -2.39. The van der Waals surface area contributed by atoms with Crippen molar-refractivity contribution >= 4 is 0 Å². The molecular formula is C16H28O2.